The smallest absolute Gasteiger partial charge is 0.407 e. The second-order valence-electron chi connectivity index (χ2n) is 4.80. The minimum absolute atomic E-state index is 0.179. The predicted octanol–water partition coefficient (Wildman–Crippen LogP) is 1.59. The molecule has 0 bridgehead atoms. The van der Waals surface area contributed by atoms with Crippen LogP contribution in [0.25, 0.3) is 0 Å². The molecule has 1 aromatic carbocycles. The summed E-state index contributed by atoms with van der Waals surface area (Å²) < 4.78 is 24.1. The third-order valence-corrected chi connectivity index (χ3v) is 3.28. The molecule has 1 saturated heterocycles. The third-order valence-electron chi connectivity index (χ3n) is 3.28. The van der Waals surface area contributed by atoms with Crippen LogP contribution in [0, 0.1) is 5.82 Å². The van der Waals surface area contributed by atoms with E-state index in [0.717, 1.165) is 0 Å². The number of Topliss-reactive ketones (excluding diaryl/α,β-unsaturated/α-hetero) is 1. The Morgan fingerprint density at radius 3 is 2.73 bits per heavy atom. The third kappa shape index (κ3) is 4.17. The maximum atomic E-state index is 14.2. The Morgan fingerprint density at radius 1 is 1.36 bits per heavy atom. The number of alkyl carbamates (subject to hydrolysis) is 1. The maximum absolute atomic E-state index is 14.2. The number of hydrogen-bond acceptors (Lipinski definition) is 5. The number of benzene rings is 1. The molecule has 0 aromatic heterocycles. The van der Waals surface area contributed by atoms with Crippen molar-refractivity contribution in [1.82, 2.24) is 5.32 Å². The van der Waals surface area contributed by atoms with Crippen molar-refractivity contribution >= 4 is 17.6 Å². The number of nitrogens with one attached hydrogen (secondary N) is 1. The maximum Gasteiger partial charge on any atom is 0.407 e. The summed E-state index contributed by atoms with van der Waals surface area (Å²) in [5, 5.41) is 2.41. The molecule has 1 aliphatic heterocycles. The quantitative estimate of drug-likeness (QED) is 0.837. The normalized spacial score (nSPS) is 14.5. The van der Waals surface area contributed by atoms with E-state index in [2.05, 4.69) is 5.32 Å². The minimum atomic E-state index is -0.666. The lowest BCUT2D eigenvalue weighted by Crippen LogP contribution is -2.36. The van der Waals surface area contributed by atoms with Gasteiger partial charge in [-0.05, 0) is 25.1 Å². The number of rotatable bonds is 5. The molecule has 6 nitrogen and oxygen atoms in total. The minimum Gasteiger partial charge on any atom is -0.441 e. The van der Waals surface area contributed by atoms with Gasteiger partial charge >= 0.3 is 6.09 Å². The highest BCUT2D eigenvalue weighted by atomic mass is 19.1. The Labute approximate surface area is 128 Å². The number of ketones is 1. The average Bonchev–Trinajstić information content (AvgIpc) is 2.53. The van der Waals surface area contributed by atoms with E-state index < -0.39 is 24.3 Å². The number of morpholine rings is 1. The summed E-state index contributed by atoms with van der Waals surface area (Å²) in [6, 6.07) is 4.28. The fraction of sp³-hybridized carbons (Fsp3) is 0.467. The van der Waals surface area contributed by atoms with Gasteiger partial charge in [0.1, 0.15) is 5.82 Å². The summed E-state index contributed by atoms with van der Waals surface area (Å²) in [4.78, 5) is 24.9. The molecule has 120 valence electrons. The lowest BCUT2D eigenvalue weighted by Gasteiger charge is -2.29. The molecule has 0 unspecified atom stereocenters. The fourth-order valence-corrected chi connectivity index (χ4v) is 2.15. The van der Waals surface area contributed by atoms with Crippen molar-refractivity contribution in [2.75, 3.05) is 44.4 Å². The van der Waals surface area contributed by atoms with Crippen LogP contribution in [-0.4, -0.2) is 51.3 Å². The molecule has 0 saturated carbocycles. The molecule has 1 N–H and O–H groups in total. The lowest BCUT2D eigenvalue weighted by molar-refractivity contribution is 0.0844. The number of carbonyl (C=O) groups is 2. The molecule has 22 heavy (non-hydrogen) atoms. The number of halogens is 1. The number of hydrogen-bond donors (Lipinski definition) is 1. The second kappa shape index (κ2) is 7.74. The van der Waals surface area contributed by atoms with Gasteiger partial charge in [-0.1, -0.05) is 0 Å². The van der Waals surface area contributed by atoms with E-state index in [1.165, 1.54) is 12.1 Å². The van der Waals surface area contributed by atoms with Crippen LogP contribution in [0.3, 0.4) is 0 Å². The number of anilines is 1. The van der Waals surface area contributed by atoms with Gasteiger partial charge in [0.15, 0.2) is 6.61 Å². The van der Waals surface area contributed by atoms with Crippen LogP contribution < -0.4 is 10.2 Å². The van der Waals surface area contributed by atoms with Crippen LogP contribution >= 0.6 is 0 Å². The zero-order chi connectivity index (χ0) is 15.9. The molecule has 0 atom stereocenters. The van der Waals surface area contributed by atoms with E-state index in [-0.39, 0.29) is 5.56 Å². The average molecular weight is 310 g/mol. The lowest BCUT2D eigenvalue weighted by atomic mass is 10.1. The van der Waals surface area contributed by atoms with Gasteiger partial charge in [0.2, 0.25) is 5.78 Å². The van der Waals surface area contributed by atoms with Gasteiger partial charge in [0.05, 0.1) is 18.9 Å². The molecule has 0 spiro atoms. The summed E-state index contributed by atoms with van der Waals surface area (Å²) in [7, 11) is 0. The van der Waals surface area contributed by atoms with E-state index in [0.29, 0.717) is 38.5 Å². The molecule has 0 aliphatic carbocycles. The first kappa shape index (κ1) is 16.2. The number of nitrogens with zero attached hydrogens (tertiary/aromatic N) is 1. The van der Waals surface area contributed by atoms with Gasteiger partial charge in [0.25, 0.3) is 0 Å². The summed E-state index contributed by atoms with van der Waals surface area (Å²) in [5.74, 6) is -0.913. The zero-order valence-electron chi connectivity index (χ0n) is 12.4. The van der Waals surface area contributed by atoms with E-state index in [9.17, 15) is 14.0 Å². The molecule has 1 aliphatic rings. The Kier molecular flexibility index (Phi) is 5.71. The van der Waals surface area contributed by atoms with Gasteiger partial charge in [0, 0.05) is 25.2 Å². The summed E-state index contributed by atoms with van der Waals surface area (Å²) in [5.41, 5.74) is 0.628. The van der Waals surface area contributed by atoms with Crippen molar-refractivity contribution in [2.45, 2.75) is 6.92 Å². The Morgan fingerprint density at radius 2 is 2.09 bits per heavy atom. The molecule has 2 rings (SSSR count). The van der Waals surface area contributed by atoms with Gasteiger partial charge < -0.3 is 19.7 Å². The monoisotopic (exact) mass is 310 g/mol. The van der Waals surface area contributed by atoms with Crippen molar-refractivity contribution in [1.29, 1.82) is 0 Å². The van der Waals surface area contributed by atoms with E-state index in [1.807, 2.05) is 4.90 Å². The topological polar surface area (TPSA) is 67.9 Å². The van der Waals surface area contributed by atoms with E-state index >= 15 is 0 Å². The number of amides is 1. The standard InChI is InChI=1S/C15H19FN2O4/c1-2-17-15(20)22-10-14(19)11-3-4-13(12(16)9-11)18-5-7-21-8-6-18/h3-4,9H,2,5-8,10H2,1H3,(H,17,20). The highest BCUT2D eigenvalue weighted by Gasteiger charge is 2.17. The van der Waals surface area contributed by atoms with E-state index in [4.69, 9.17) is 9.47 Å². The van der Waals surface area contributed by atoms with Crippen molar-refractivity contribution in [3.05, 3.63) is 29.6 Å². The summed E-state index contributed by atoms with van der Waals surface area (Å²) in [6.07, 6.45) is -0.666. The second-order valence-corrected chi connectivity index (χ2v) is 4.80. The molecular formula is C15H19FN2O4. The van der Waals surface area contributed by atoms with E-state index in [1.54, 1.807) is 13.0 Å². The molecule has 1 heterocycles. The first-order valence-electron chi connectivity index (χ1n) is 7.18. The van der Waals surface area contributed by atoms with Crippen LogP contribution in [0.1, 0.15) is 17.3 Å². The summed E-state index contributed by atoms with van der Waals surface area (Å²) >= 11 is 0. The van der Waals surface area contributed by atoms with Gasteiger partial charge in [-0.2, -0.15) is 0 Å². The largest absolute Gasteiger partial charge is 0.441 e. The van der Waals surface area contributed by atoms with Gasteiger partial charge in [-0.15, -0.1) is 0 Å². The highest BCUT2D eigenvalue weighted by Crippen LogP contribution is 2.21. The molecule has 0 radical (unpaired) electrons. The van der Waals surface area contributed by atoms with Crippen molar-refractivity contribution < 1.29 is 23.5 Å². The number of ether oxygens (including phenoxy) is 2. The molecule has 7 heteroatoms. The van der Waals surface area contributed by atoms with Crippen molar-refractivity contribution in [3.63, 3.8) is 0 Å². The molecule has 1 fully saturated rings. The zero-order valence-corrected chi connectivity index (χ0v) is 12.4. The van der Waals surface area contributed by atoms with Crippen LogP contribution in [0.4, 0.5) is 14.9 Å². The fourth-order valence-electron chi connectivity index (χ4n) is 2.15. The predicted molar refractivity (Wildman–Crippen MR) is 78.8 cm³/mol. The van der Waals surface area contributed by atoms with Crippen LogP contribution in [-0.2, 0) is 9.47 Å². The Hall–Kier alpha value is -2.15. The summed E-state index contributed by atoms with van der Waals surface area (Å²) in [6.45, 7) is 4.08. The highest BCUT2D eigenvalue weighted by molar-refractivity contribution is 5.98. The first-order chi connectivity index (χ1) is 10.6. The first-order valence-corrected chi connectivity index (χ1v) is 7.18. The van der Waals surface area contributed by atoms with Gasteiger partial charge in [-0.3, -0.25) is 4.79 Å². The molecular weight excluding hydrogens is 291 g/mol. The van der Waals surface area contributed by atoms with Crippen LogP contribution in [0.2, 0.25) is 0 Å². The SMILES string of the molecule is CCNC(=O)OCC(=O)c1ccc(N2CCOCC2)c(F)c1. The molecule has 1 aromatic rings. The molecule has 1 amide bonds. The van der Waals surface area contributed by atoms with Crippen LogP contribution in [0.15, 0.2) is 18.2 Å². The van der Waals surface area contributed by atoms with Gasteiger partial charge in [-0.25, -0.2) is 9.18 Å². The Balaban J connectivity index is 1.99. The van der Waals surface area contributed by atoms with Crippen LogP contribution in [0.5, 0.6) is 0 Å². The van der Waals surface area contributed by atoms with Crippen molar-refractivity contribution in [3.8, 4) is 0 Å². The van der Waals surface area contributed by atoms with Crippen molar-refractivity contribution in [2.24, 2.45) is 0 Å². The Bertz CT molecular complexity index is 544. The number of carbonyl (C=O) groups excluding carboxylic acids is 2.